The van der Waals surface area contributed by atoms with E-state index in [0.717, 1.165) is 0 Å². The van der Waals surface area contributed by atoms with E-state index in [0.29, 0.717) is 10.1 Å². The lowest BCUT2D eigenvalue weighted by Gasteiger charge is -2.05. The zero-order valence-electron chi connectivity index (χ0n) is 8.48. The second-order valence-corrected chi connectivity index (χ2v) is 4.46. The molecule has 0 unspecified atom stereocenters. The molecule has 17 heavy (non-hydrogen) atoms. The van der Waals surface area contributed by atoms with Gasteiger partial charge in [-0.05, 0) is 12.1 Å². The molecule has 0 spiro atoms. The summed E-state index contributed by atoms with van der Waals surface area (Å²) in [6.07, 6.45) is 0. The number of aromatic nitrogens is 2. The van der Waals surface area contributed by atoms with Crippen molar-refractivity contribution in [3.63, 3.8) is 0 Å². The fourth-order valence-corrected chi connectivity index (χ4v) is 1.83. The fraction of sp³-hybridized carbons (Fsp3) is 0.111. The molecule has 0 aliphatic rings. The third-order valence-corrected chi connectivity index (χ3v) is 2.98. The van der Waals surface area contributed by atoms with E-state index in [4.69, 9.17) is 22.2 Å². The van der Waals surface area contributed by atoms with Gasteiger partial charge in [-0.1, -0.05) is 29.0 Å². The molecule has 0 saturated carbocycles. The maximum absolute atomic E-state index is 13.5. The summed E-state index contributed by atoms with van der Waals surface area (Å²) in [4.78, 5) is 0. The number of nitrogen functional groups attached to an aromatic ring is 1. The molecule has 3 N–H and O–H groups in total. The summed E-state index contributed by atoms with van der Waals surface area (Å²) in [5.74, 6) is 4.65. The Balaban J connectivity index is 2.04. The highest BCUT2D eigenvalue weighted by molar-refractivity contribution is 7.15. The predicted octanol–water partition coefficient (Wildman–Crippen LogP) is 2.20. The van der Waals surface area contributed by atoms with Gasteiger partial charge in [0.1, 0.15) is 6.61 Å². The molecule has 1 aromatic heterocycles. The van der Waals surface area contributed by atoms with Crippen molar-refractivity contribution in [2.45, 2.75) is 6.61 Å². The van der Waals surface area contributed by atoms with Gasteiger partial charge in [0.15, 0.2) is 16.6 Å². The van der Waals surface area contributed by atoms with Crippen LogP contribution in [0.2, 0.25) is 5.02 Å². The van der Waals surface area contributed by atoms with Crippen LogP contribution in [0.1, 0.15) is 5.01 Å². The van der Waals surface area contributed by atoms with Gasteiger partial charge < -0.3 is 4.74 Å². The minimum atomic E-state index is -0.587. The monoisotopic (exact) mass is 274 g/mol. The van der Waals surface area contributed by atoms with Gasteiger partial charge in [-0.25, -0.2) is 10.2 Å². The highest BCUT2D eigenvalue weighted by Crippen LogP contribution is 2.25. The number of halogens is 2. The molecule has 0 bridgehead atoms. The van der Waals surface area contributed by atoms with Crippen LogP contribution in [0.15, 0.2) is 18.2 Å². The topological polar surface area (TPSA) is 73.1 Å². The van der Waals surface area contributed by atoms with Crippen molar-refractivity contribution < 1.29 is 9.13 Å². The summed E-state index contributed by atoms with van der Waals surface area (Å²) < 4.78 is 18.7. The van der Waals surface area contributed by atoms with E-state index in [1.165, 1.54) is 23.5 Å². The molecule has 1 aromatic carbocycles. The van der Waals surface area contributed by atoms with E-state index in [1.807, 2.05) is 0 Å². The summed E-state index contributed by atoms with van der Waals surface area (Å²) in [7, 11) is 0. The molecule has 0 radical (unpaired) electrons. The van der Waals surface area contributed by atoms with Gasteiger partial charge in [-0.2, -0.15) is 0 Å². The van der Waals surface area contributed by atoms with Gasteiger partial charge >= 0.3 is 0 Å². The van der Waals surface area contributed by atoms with Gasteiger partial charge in [0.25, 0.3) is 0 Å². The summed E-state index contributed by atoms with van der Waals surface area (Å²) >= 11 is 6.84. The average molecular weight is 275 g/mol. The highest BCUT2D eigenvalue weighted by atomic mass is 35.5. The molecular formula is C9H8ClFN4OS. The van der Waals surface area contributed by atoms with Crippen LogP contribution in [-0.4, -0.2) is 10.2 Å². The first kappa shape index (κ1) is 12.0. The fourth-order valence-electron chi connectivity index (χ4n) is 1.11. The number of nitrogens with two attached hydrogens (primary N) is 1. The quantitative estimate of drug-likeness (QED) is 0.660. The Morgan fingerprint density at radius 1 is 1.47 bits per heavy atom. The second kappa shape index (κ2) is 5.26. The lowest BCUT2D eigenvalue weighted by molar-refractivity contribution is 0.289. The van der Waals surface area contributed by atoms with Gasteiger partial charge in [0, 0.05) is 0 Å². The number of nitrogens with zero attached hydrogens (tertiary/aromatic N) is 2. The third-order valence-electron chi connectivity index (χ3n) is 1.86. The number of benzene rings is 1. The van der Waals surface area contributed by atoms with Crippen molar-refractivity contribution in [3.05, 3.63) is 34.0 Å². The second-order valence-electron chi connectivity index (χ2n) is 2.99. The third kappa shape index (κ3) is 2.82. The standard InChI is InChI=1S/C9H8ClFN4OS/c10-5-2-1-3-6(8(5)11)16-4-7-14-15-9(13-12)17-7/h1-3H,4,12H2,(H,13,15). The lowest BCUT2D eigenvalue weighted by atomic mass is 10.3. The Kier molecular flexibility index (Phi) is 3.72. The number of rotatable bonds is 4. The van der Waals surface area contributed by atoms with Crippen molar-refractivity contribution >= 4 is 28.1 Å². The molecule has 0 saturated heterocycles. The molecule has 1 heterocycles. The minimum Gasteiger partial charge on any atom is -0.483 e. The molecule has 90 valence electrons. The van der Waals surface area contributed by atoms with Gasteiger partial charge in [-0.3, -0.25) is 5.43 Å². The Bertz CT molecular complexity index is 521. The molecule has 2 rings (SSSR count). The summed E-state index contributed by atoms with van der Waals surface area (Å²) in [6.45, 7) is 0.108. The summed E-state index contributed by atoms with van der Waals surface area (Å²) in [5.41, 5.74) is 2.36. The first-order valence-corrected chi connectivity index (χ1v) is 5.76. The van der Waals surface area contributed by atoms with Crippen LogP contribution in [0, 0.1) is 5.82 Å². The molecule has 0 aliphatic heterocycles. The SMILES string of the molecule is NNc1nnc(COc2cccc(Cl)c2F)s1. The van der Waals surface area contributed by atoms with Crippen LogP contribution in [0.5, 0.6) is 5.75 Å². The van der Waals surface area contributed by atoms with E-state index >= 15 is 0 Å². The minimum absolute atomic E-state index is 0.0177. The predicted molar refractivity (Wildman–Crippen MR) is 63.5 cm³/mol. The van der Waals surface area contributed by atoms with Crippen LogP contribution >= 0.6 is 22.9 Å². The summed E-state index contributed by atoms with van der Waals surface area (Å²) in [6, 6.07) is 4.54. The number of hydrogen-bond donors (Lipinski definition) is 2. The molecular weight excluding hydrogens is 267 g/mol. The van der Waals surface area contributed by atoms with Gasteiger partial charge in [-0.15, -0.1) is 10.2 Å². The molecule has 8 heteroatoms. The normalized spacial score (nSPS) is 10.3. The first-order valence-electron chi connectivity index (χ1n) is 4.56. The van der Waals surface area contributed by atoms with E-state index in [2.05, 4.69) is 15.6 Å². The molecule has 0 fully saturated rings. The van der Waals surface area contributed by atoms with E-state index < -0.39 is 5.82 Å². The van der Waals surface area contributed by atoms with Gasteiger partial charge in [0.05, 0.1) is 5.02 Å². The molecule has 0 aliphatic carbocycles. The smallest absolute Gasteiger partial charge is 0.219 e. The number of hydrazine groups is 1. The molecule has 0 amide bonds. The maximum atomic E-state index is 13.5. The Morgan fingerprint density at radius 2 is 2.29 bits per heavy atom. The number of ether oxygens (including phenoxy) is 1. The Morgan fingerprint density at radius 3 is 3.00 bits per heavy atom. The van der Waals surface area contributed by atoms with Crippen molar-refractivity contribution in [3.8, 4) is 5.75 Å². The zero-order valence-corrected chi connectivity index (χ0v) is 10.1. The molecule has 5 nitrogen and oxygen atoms in total. The van der Waals surface area contributed by atoms with Crippen LogP contribution in [0.4, 0.5) is 9.52 Å². The molecule has 2 aromatic rings. The van der Waals surface area contributed by atoms with Gasteiger partial charge in [0.2, 0.25) is 5.13 Å². The molecule has 0 atom stereocenters. The highest BCUT2D eigenvalue weighted by Gasteiger charge is 2.09. The summed E-state index contributed by atoms with van der Waals surface area (Å²) in [5, 5.41) is 8.59. The number of hydrogen-bond acceptors (Lipinski definition) is 6. The largest absolute Gasteiger partial charge is 0.483 e. The van der Waals surface area contributed by atoms with Crippen molar-refractivity contribution in [1.29, 1.82) is 0 Å². The first-order chi connectivity index (χ1) is 8.20. The van der Waals surface area contributed by atoms with Crippen molar-refractivity contribution in [2.75, 3.05) is 5.43 Å². The number of anilines is 1. The van der Waals surface area contributed by atoms with Crippen LogP contribution in [0.25, 0.3) is 0 Å². The maximum Gasteiger partial charge on any atom is 0.219 e. The van der Waals surface area contributed by atoms with E-state index in [1.54, 1.807) is 6.07 Å². The van der Waals surface area contributed by atoms with Crippen molar-refractivity contribution in [2.24, 2.45) is 5.84 Å². The Hall–Kier alpha value is -1.44. The van der Waals surface area contributed by atoms with Crippen molar-refractivity contribution in [1.82, 2.24) is 10.2 Å². The van der Waals surface area contributed by atoms with Crippen LogP contribution < -0.4 is 16.0 Å². The number of nitrogens with one attached hydrogen (secondary N) is 1. The lowest BCUT2D eigenvalue weighted by Crippen LogP contribution is -2.05. The van der Waals surface area contributed by atoms with E-state index in [-0.39, 0.29) is 17.4 Å². The van der Waals surface area contributed by atoms with Crippen LogP contribution in [-0.2, 0) is 6.61 Å². The Labute approximate surface area is 105 Å². The average Bonchev–Trinajstić information content (AvgIpc) is 2.79. The van der Waals surface area contributed by atoms with Crippen LogP contribution in [0.3, 0.4) is 0 Å². The van der Waals surface area contributed by atoms with E-state index in [9.17, 15) is 4.39 Å². The zero-order chi connectivity index (χ0) is 12.3.